The van der Waals surface area contributed by atoms with E-state index < -0.39 is 5.82 Å². The van der Waals surface area contributed by atoms with E-state index in [4.69, 9.17) is 4.74 Å². The van der Waals surface area contributed by atoms with Crippen molar-refractivity contribution < 1.29 is 13.9 Å². The van der Waals surface area contributed by atoms with Crippen LogP contribution < -0.4 is 10.1 Å². The number of nitrogens with one attached hydrogen (secondary N) is 1. The molecule has 1 aromatic heterocycles. The third kappa shape index (κ3) is 3.83. The lowest BCUT2D eigenvalue weighted by Crippen LogP contribution is -2.23. The third-order valence-corrected chi connectivity index (χ3v) is 4.32. The van der Waals surface area contributed by atoms with Gasteiger partial charge in [-0.2, -0.15) is 0 Å². The first kappa shape index (κ1) is 17.7. The van der Waals surface area contributed by atoms with Gasteiger partial charge < -0.3 is 10.1 Å². The Morgan fingerprint density at radius 2 is 1.82 bits per heavy atom. The summed E-state index contributed by atoms with van der Waals surface area (Å²) in [6.45, 7) is 0.0573. The Hall–Kier alpha value is -3.73. The van der Waals surface area contributed by atoms with Gasteiger partial charge in [0.1, 0.15) is 5.75 Å². The molecule has 3 aromatic carbocycles. The fourth-order valence-electron chi connectivity index (χ4n) is 2.88. The van der Waals surface area contributed by atoms with Crippen LogP contribution in [0.4, 0.5) is 4.39 Å². The van der Waals surface area contributed by atoms with Crippen LogP contribution in [0.15, 0.2) is 85.1 Å². The molecule has 1 amide bonds. The molecule has 0 unspecified atom stereocenters. The second-order valence-electron chi connectivity index (χ2n) is 6.24. The predicted octanol–water partition coefficient (Wildman–Crippen LogP) is 5.10. The van der Waals surface area contributed by atoms with Gasteiger partial charge in [0.05, 0.1) is 5.52 Å². The van der Waals surface area contributed by atoms with Crippen molar-refractivity contribution in [1.29, 1.82) is 0 Å². The number of amides is 1. The van der Waals surface area contributed by atoms with Gasteiger partial charge >= 0.3 is 0 Å². The van der Waals surface area contributed by atoms with E-state index in [9.17, 15) is 9.18 Å². The zero-order valence-corrected chi connectivity index (χ0v) is 14.9. The largest absolute Gasteiger partial charge is 0.454 e. The van der Waals surface area contributed by atoms with Crippen LogP contribution in [-0.2, 0) is 6.54 Å². The minimum Gasteiger partial charge on any atom is -0.454 e. The molecular weight excluding hydrogens is 355 g/mol. The van der Waals surface area contributed by atoms with Gasteiger partial charge in [0.25, 0.3) is 5.91 Å². The SMILES string of the molecule is O=C(NCc1cccc(Oc2ccccc2)c1F)c1ccc2ncccc2c1. The van der Waals surface area contributed by atoms with E-state index in [1.165, 1.54) is 0 Å². The summed E-state index contributed by atoms with van der Waals surface area (Å²) in [4.78, 5) is 16.7. The number of carbonyl (C=O) groups is 1. The standard InChI is InChI=1S/C23H17FN2O2/c24-22-18(6-4-10-21(22)28-19-8-2-1-3-9-19)15-26-23(27)17-11-12-20-16(14-17)7-5-13-25-20/h1-14H,15H2,(H,26,27). The molecule has 0 fully saturated rings. The molecule has 1 heterocycles. The van der Waals surface area contributed by atoms with Gasteiger partial charge in [0, 0.05) is 29.3 Å². The van der Waals surface area contributed by atoms with E-state index in [-0.39, 0.29) is 18.2 Å². The van der Waals surface area contributed by atoms with Crippen LogP contribution in [0, 0.1) is 5.82 Å². The fourth-order valence-corrected chi connectivity index (χ4v) is 2.88. The average molecular weight is 372 g/mol. The maximum atomic E-state index is 14.7. The lowest BCUT2D eigenvalue weighted by Gasteiger charge is -2.11. The van der Waals surface area contributed by atoms with Gasteiger partial charge in [-0.05, 0) is 42.5 Å². The highest BCUT2D eigenvalue weighted by Gasteiger charge is 2.12. The summed E-state index contributed by atoms with van der Waals surface area (Å²) in [7, 11) is 0. The molecule has 0 radical (unpaired) electrons. The molecule has 1 N–H and O–H groups in total. The van der Waals surface area contributed by atoms with E-state index in [0.29, 0.717) is 16.9 Å². The zero-order chi connectivity index (χ0) is 19.3. The Morgan fingerprint density at radius 1 is 0.964 bits per heavy atom. The van der Waals surface area contributed by atoms with Crippen molar-refractivity contribution in [2.75, 3.05) is 0 Å². The van der Waals surface area contributed by atoms with Crippen molar-refractivity contribution >= 4 is 16.8 Å². The molecule has 0 aliphatic carbocycles. The molecule has 0 spiro atoms. The minimum absolute atomic E-state index is 0.0573. The first-order valence-corrected chi connectivity index (χ1v) is 8.84. The highest BCUT2D eigenvalue weighted by molar-refractivity contribution is 5.97. The van der Waals surface area contributed by atoms with E-state index in [1.807, 2.05) is 30.3 Å². The van der Waals surface area contributed by atoms with Crippen molar-refractivity contribution in [3.05, 3.63) is 102 Å². The number of carbonyl (C=O) groups excluding carboxylic acids is 1. The second kappa shape index (κ2) is 7.88. The van der Waals surface area contributed by atoms with Crippen molar-refractivity contribution in [3.63, 3.8) is 0 Å². The summed E-state index contributed by atoms with van der Waals surface area (Å²) in [6, 6.07) is 22.8. The van der Waals surface area contributed by atoms with Crippen LogP contribution in [0.3, 0.4) is 0 Å². The van der Waals surface area contributed by atoms with Gasteiger partial charge in [-0.1, -0.05) is 36.4 Å². The fraction of sp³-hybridized carbons (Fsp3) is 0.0435. The van der Waals surface area contributed by atoms with Gasteiger partial charge in [-0.15, -0.1) is 0 Å². The zero-order valence-electron chi connectivity index (χ0n) is 14.9. The molecule has 0 saturated carbocycles. The molecule has 0 aliphatic rings. The van der Waals surface area contributed by atoms with E-state index in [2.05, 4.69) is 10.3 Å². The number of aromatic nitrogens is 1. The minimum atomic E-state index is -0.491. The van der Waals surface area contributed by atoms with Crippen molar-refractivity contribution in [2.24, 2.45) is 0 Å². The Labute approximate surface area is 161 Å². The molecule has 0 saturated heterocycles. The Morgan fingerprint density at radius 3 is 2.68 bits per heavy atom. The number of ether oxygens (including phenoxy) is 1. The Bertz CT molecular complexity index is 1130. The summed E-state index contributed by atoms with van der Waals surface area (Å²) in [5.41, 5.74) is 1.66. The maximum Gasteiger partial charge on any atom is 0.251 e. The second-order valence-corrected chi connectivity index (χ2v) is 6.24. The maximum absolute atomic E-state index is 14.7. The topological polar surface area (TPSA) is 51.2 Å². The first-order chi connectivity index (χ1) is 13.7. The van der Waals surface area contributed by atoms with Crippen LogP contribution in [0.1, 0.15) is 15.9 Å². The number of rotatable bonds is 5. The number of fused-ring (bicyclic) bond motifs is 1. The molecule has 5 heteroatoms. The van der Waals surface area contributed by atoms with Gasteiger partial charge in [0.2, 0.25) is 0 Å². The van der Waals surface area contributed by atoms with Crippen LogP contribution in [0.2, 0.25) is 0 Å². The smallest absolute Gasteiger partial charge is 0.251 e. The van der Waals surface area contributed by atoms with Crippen LogP contribution in [-0.4, -0.2) is 10.9 Å². The normalized spacial score (nSPS) is 10.6. The first-order valence-electron chi connectivity index (χ1n) is 8.84. The molecule has 0 bridgehead atoms. The van der Waals surface area contributed by atoms with Gasteiger partial charge in [0.15, 0.2) is 11.6 Å². The number of hydrogen-bond acceptors (Lipinski definition) is 3. The molecule has 0 aliphatic heterocycles. The summed E-state index contributed by atoms with van der Waals surface area (Å²) in [5.74, 6) is -0.101. The van der Waals surface area contributed by atoms with E-state index in [0.717, 1.165) is 10.9 Å². The summed E-state index contributed by atoms with van der Waals surface area (Å²) in [6.07, 6.45) is 1.70. The highest BCUT2D eigenvalue weighted by atomic mass is 19.1. The lowest BCUT2D eigenvalue weighted by atomic mass is 10.1. The monoisotopic (exact) mass is 372 g/mol. The number of pyridine rings is 1. The molecule has 28 heavy (non-hydrogen) atoms. The molecule has 0 atom stereocenters. The van der Waals surface area contributed by atoms with Crippen LogP contribution in [0.5, 0.6) is 11.5 Å². The summed E-state index contributed by atoms with van der Waals surface area (Å²) >= 11 is 0. The summed E-state index contributed by atoms with van der Waals surface area (Å²) < 4.78 is 20.3. The number of benzene rings is 3. The number of hydrogen-bond donors (Lipinski definition) is 1. The Balaban J connectivity index is 1.48. The number of halogens is 1. The molecule has 138 valence electrons. The number of para-hydroxylation sites is 1. The van der Waals surface area contributed by atoms with E-state index >= 15 is 0 Å². The molecule has 4 aromatic rings. The van der Waals surface area contributed by atoms with Gasteiger partial charge in [-0.25, -0.2) is 4.39 Å². The Kier molecular flexibility index (Phi) is 4.97. The molecular formula is C23H17FN2O2. The number of nitrogens with zero attached hydrogens (tertiary/aromatic N) is 1. The molecule has 4 nitrogen and oxygen atoms in total. The molecule has 4 rings (SSSR count). The quantitative estimate of drug-likeness (QED) is 0.530. The summed E-state index contributed by atoms with van der Waals surface area (Å²) in [5, 5.41) is 3.63. The van der Waals surface area contributed by atoms with Crippen LogP contribution in [0.25, 0.3) is 10.9 Å². The third-order valence-electron chi connectivity index (χ3n) is 4.32. The van der Waals surface area contributed by atoms with Gasteiger partial charge in [-0.3, -0.25) is 9.78 Å². The lowest BCUT2D eigenvalue weighted by molar-refractivity contribution is 0.0950. The van der Waals surface area contributed by atoms with Crippen molar-refractivity contribution in [1.82, 2.24) is 10.3 Å². The predicted molar refractivity (Wildman–Crippen MR) is 106 cm³/mol. The average Bonchev–Trinajstić information content (AvgIpc) is 2.74. The highest BCUT2D eigenvalue weighted by Crippen LogP contribution is 2.26. The van der Waals surface area contributed by atoms with E-state index in [1.54, 1.807) is 54.7 Å². The van der Waals surface area contributed by atoms with Crippen molar-refractivity contribution in [3.8, 4) is 11.5 Å². The van der Waals surface area contributed by atoms with Crippen molar-refractivity contribution in [2.45, 2.75) is 6.54 Å². The van der Waals surface area contributed by atoms with Crippen LogP contribution >= 0.6 is 0 Å².